The van der Waals surface area contributed by atoms with Crippen molar-refractivity contribution < 1.29 is 39.2 Å². The predicted octanol–water partition coefficient (Wildman–Crippen LogP) is 5.90. The Balaban J connectivity index is 1.44. The zero-order valence-corrected chi connectivity index (χ0v) is 28.4. The zero-order chi connectivity index (χ0) is 33.9. The van der Waals surface area contributed by atoms with Crippen molar-refractivity contribution in [3.8, 4) is 0 Å². The van der Waals surface area contributed by atoms with Gasteiger partial charge >= 0.3 is 11.9 Å². The molecule has 9 heteroatoms. The van der Waals surface area contributed by atoms with Gasteiger partial charge in [-0.25, -0.2) is 9.59 Å². The first kappa shape index (κ1) is 34.6. The van der Waals surface area contributed by atoms with Crippen LogP contribution in [0.4, 0.5) is 0 Å². The standard InChI is InChI=1S/C37H47ClO8/c1-22(2)23(3)19-32(41)46-30-21-29-33(5)15-14-28(45-31(40)12-9-25-7-10-27(38)11-8-25)20-26(33)13-16-36(29,43)37(44)18-17-35(42,24(4)39)34(30,37)6/h7-13,19,22,28-30,42-44H,14-18,20-21H2,1-6H3/b12-9+,23-19+/t28-,29+,30+,33-,34+,35+,36-,37+/m0/s1. The van der Waals surface area contributed by atoms with Gasteiger partial charge in [0.1, 0.15) is 29.0 Å². The molecule has 0 heterocycles. The normalized spacial score (nSPS) is 38.9. The average molecular weight is 655 g/mol. The summed E-state index contributed by atoms with van der Waals surface area (Å²) < 4.78 is 11.9. The summed E-state index contributed by atoms with van der Waals surface area (Å²) in [6, 6.07) is 7.11. The summed E-state index contributed by atoms with van der Waals surface area (Å²) in [5, 5.41) is 37.7. The molecule has 0 bridgehead atoms. The summed E-state index contributed by atoms with van der Waals surface area (Å²) in [6.45, 7) is 10.7. The highest BCUT2D eigenvalue weighted by Crippen LogP contribution is 2.71. The van der Waals surface area contributed by atoms with Gasteiger partial charge < -0.3 is 24.8 Å². The maximum atomic E-state index is 13.3. The third kappa shape index (κ3) is 5.29. The smallest absolute Gasteiger partial charge is 0.331 e. The first-order chi connectivity index (χ1) is 21.4. The fraction of sp³-hybridized carbons (Fsp3) is 0.595. The van der Waals surface area contributed by atoms with Gasteiger partial charge in [0.25, 0.3) is 0 Å². The molecule has 0 aromatic heterocycles. The lowest BCUT2D eigenvalue weighted by Crippen LogP contribution is -2.78. The average Bonchev–Trinajstić information content (AvgIpc) is 3.22. The van der Waals surface area contributed by atoms with Gasteiger partial charge in [-0.3, -0.25) is 4.79 Å². The number of rotatable bonds is 7. The molecular weight excluding hydrogens is 608 g/mol. The number of ketones is 1. The minimum Gasteiger partial charge on any atom is -0.459 e. The third-order valence-corrected chi connectivity index (χ3v) is 12.5. The van der Waals surface area contributed by atoms with Crippen molar-refractivity contribution in [3.05, 3.63) is 64.2 Å². The lowest BCUT2D eigenvalue weighted by atomic mass is 9.42. The van der Waals surface area contributed by atoms with Gasteiger partial charge in [-0.15, -0.1) is 0 Å². The Bertz CT molecular complexity index is 1490. The van der Waals surface area contributed by atoms with Crippen LogP contribution in [0.3, 0.4) is 0 Å². The number of hydrogen-bond acceptors (Lipinski definition) is 8. The van der Waals surface area contributed by atoms with Crippen LogP contribution in [-0.2, 0) is 23.9 Å². The molecule has 46 heavy (non-hydrogen) atoms. The number of halogens is 1. The highest BCUT2D eigenvalue weighted by Gasteiger charge is 2.81. The lowest BCUT2D eigenvalue weighted by molar-refractivity contribution is -0.314. The van der Waals surface area contributed by atoms with E-state index < -0.39 is 57.4 Å². The van der Waals surface area contributed by atoms with Crippen LogP contribution in [0.1, 0.15) is 92.1 Å². The van der Waals surface area contributed by atoms with Gasteiger partial charge in [-0.2, -0.15) is 0 Å². The Morgan fingerprint density at radius 2 is 1.65 bits per heavy atom. The van der Waals surface area contributed by atoms with E-state index in [0.29, 0.717) is 24.3 Å². The van der Waals surface area contributed by atoms with E-state index in [2.05, 4.69) is 0 Å². The van der Waals surface area contributed by atoms with Crippen molar-refractivity contribution in [1.82, 2.24) is 0 Å². The Morgan fingerprint density at radius 3 is 2.28 bits per heavy atom. The lowest BCUT2D eigenvalue weighted by Gasteiger charge is -2.67. The summed E-state index contributed by atoms with van der Waals surface area (Å²) in [5.74, 6) is -2.04. The van der Waals surface area contributed by atoms with Crippen molar-refractivity contribution in [2.24, 2.45) is 22.7 Å². The molecular formula is C37H47ClO8. The van der Waals surface area contributed by atoms with E-state index in [1.54, 1.807) is 25.1 Å². The number of carbonyl (C=O) groups excluding carboxylic acids is 3. The van der Waals surface area contributed by atoms with Gasteiger partial charge in [0, 0.05) is 29.5 Å². The largest absolute Gasteiger partial charge is 0.459 e. The summed E-state index contributed by atoms with van der Waals surface area (Å²) in [5.41, 5.74) is -5.24. The van der Waals surface area contributed by atoms with E-state index in [-0.39, 0.29) is 37.7 Å². The Morgan fingerprint density at radius 1 is 0.978 bits per heavy atom. The molecule has 5 rings (SSSR count). The number of ether oxygens (including phenoxy) is 2. The molecule has 3 N–H and O–H groups in total. The van der Waals surface area contributed by atoms with Crippen molar-refractivity contribution in [2.45, 2.75) is 115 Å². The minimum atomic E-state index is -2.00. The number of Topliss-reactive ketones (excluding diaryl/α,β-unsaturated/α-hetero) is 1. The number of aliphatic hydroxyl groups is 3. The van der Waals surface area contributed by atoms with Gasteiger partial charge in [0.15, 0.2) is 5.78 Å². The quantitative estimate of drug-likeness (QED) is 0.188. The molecule has 1 aromatic carbocycles. The molecule has 4 aliphatic carbocycles. The summed E-state index contributed by atoms with van der Waals surface area (Å²) in [4.78, 5) is 39.0. The molecule has 8 atom stereocenters. The SMILES string of the molecule is CC(=O)[C@]1(O)CC[C@@]2(O)[C@]1(C)[C@H](OC(=O)/C=C(\C)C(C)C)C[C@@H]1[C@@]3(C)CC[C@H](OC(=O)/C=C/c4ccc(Cl)cc4)CC3=CC[C@]12O. The Labute approximate surface area is 276 Å². The van der Waals surface area contributed by atoms with E-state index in [1.807, 2.05) is 45.9 Å². The number of benzene rings is 1. The summed E-state index contributed by atoms with van der Waals surface area (Å²) >= 11 is 5.95. The topological polar surface area (TPSA) is 130 Å². The Kier molecular flexibility index (Phi) is 9.04. The molecule has 1 aromatic rings. The van der Waals surface area contributed by atoms with E-state index in [1.165, 1.54) is 19.1 Å². The maximum Gasteiger partial charge on any atom is 0.331 e. The third-order valence-electron chi connectivity index (χ3n) is 12.2. The van der Waals surface area contributed by atoms with Crippen molar-refractivity contribution in [3.63, 3.8) is 0 Å². The van der Waals surface area contributed by atoms with Gasteiger partial charge in [0.05, 0.1) is 5.41 Å². The summed E-state index contributed by atoms with van der Waals surface area (Å²) in [7, 11) is 0. The van der Waals surface area contributed by atoms with E-state index in [9.17, 15) is 29.7 Å². The van der Waals surface area contributed by atoms with Gasteiger partial charge in [-0.05, 0) is 94.4 Å². The minimum absolute atomic E-state index is 0.0268. The molecule has 3 fully saturated rings. The maximum absolute atomic E-state index is 13.3. The molecule has 0 radical (unpaired) electrons. The Hall–Kier alpha value is -2.78. The fourth-order valence-electron chi connectivity index (χ4n) is 8.93. The van der Waals surface area contributed by atoms with Crippen molar-refractivity contribution in [2.75, 3.05) is 0 Å². The first-order valence-electron chi connectivity index (χ1n) is 16.3. The van der Waals surface area contributed by atoms with Gasteiger partial charge in [0.2, 0.25) is 0 Å². The molecule has 0 amide bonds. The monoisotopic (exact) mass is 654 g/mol. The molecule has 250 valence electrons. The molecule has 4 aliphatic rings. The molecule has 3 saturated carbocycles. The van der Waals surface area contributed by atoms with Crippen LogP contribution in [0, 0.1) is 22.7 Å². The van der Waals surface area contributed by atoms with Crippen molar-refractivity contribution in [1.29, 1.82) is 0 Å². The molecule has 8 nitrogen and oxygen atoms in total. The highest BCUT2D eigenvalue weighted by atomic mass is 35.5. The molecule has 0 spiro atoms. The first-order valence-corrected chi connectivity index (χ1v) is 16.7. The summed E-state index contributed by atoms with van der Waals surface area (Å²) in [6.07, 6.45) is 6.73. The van der Waals surface area contributed by atoms with E-state index in [4.69, 9.17) is 21.1 Å². The van der Waals surface area contributed by atoms with Gasteiger partial charge in [-0.1, -0.05) is 61.7 Å². The van der Waals surface area contributed by atoms with Crippen molar-refractivity contribution >= 4 is 35.4 Å². The van der Waals surface area contributed by atoms with Crippen LogP contribution >= 0.6 is 11.6 Å². The molecule has 0 saturated heterocycles. The second kappa shape index (κ2) is 12.0. The molecule has 0 unspecified atom stereocenters. The number of carbonyl (C=O) groups is 3. The second-order valence-electron chi connectivity index (χ2n) is 14.7. The van der Waals surface area contributed by atoms with E-state index in [0.717, 1.165) is 16.7 Å². The second-order valence-corrected chi connectivity index (χ2v) is 15.1. The zero-order valence-electron chi connectivity index (χ0n) is 27.6. The number of fused-ring (bicyclic) bond motifs is 5. The van der Waals surface area contributed by atoms with E-state index >= 15 is 0 Å². The van der Waals surface area contributed by atoms with Crippen LogP contribution in [0.2, 0.25) is 5.02 Å². The number of hydrogen-bond donors (Lipinski definition) is 3. The van der Waals surface area contributed by atoms with Crippen LogP contribution in [0.15, 0.2) is 53.6 Å². The van der Waals surface area contributed by atoms with Crippen LogP contribution in [-0.4, -0.2) is 62.1 Å². The molecule has 0 aliphatic heterocycles. The highest BCUT2D eigenvalue weighted by molar-refractivity contribution is 6.30. The number of esters is 2. The predicted molar refractivity (Wildman–Crippen MR) is 174 cm³/mol. The fourth-order valence-corrected chi connectivity index (χ4v) is 9.05. The number of allylic oxidation sites excluding steroid dienone is 1. The van der Waals surface area contributed by atoms with Crippen LogP contribution in [0.5, 0.6) is 0 Å². The van der Waals surface area contributed by atoms with Crippen LogP contribution < -0.4 is 0 Å². The van der Waals surface area contributed by atoms with Crippen LogP contribution in [0.25, 0.3) is 6.08 Å².